The molecule has 1 amide bonds. The van der Waals surface area contributed by atoms with Crippen LogP contribution in [0, 0.1) is 5.82 Å². The van der Waals surface area contributed by atoms with Crippen LogP contribution in [0.5, 0.6) is 0 Å². The van der Waals surface area contributed by atoms with Gasteiger partial charge >= 0.3 is 0 Å². The molecule has 4 rings (SSSR count). The molecule has 0 saturated carbocycles. The average Bonchev–Trinajstić information content (AvgIpc) is 3.25. The summed E-state index contributed by atoms with van der Waals surface area (Å²) in [5.41, 5.74) is 0.702. The van der Waals surface area contributed by atoms with Gasteiger partial charge in [-0.2, -0.15) is 0 Å². The molecule has 1 aliphatic rings. The van der Waals surface area contributed by atoms with Crippen LogP contribution >= 0.6 is 11.8 Å². The summed E-state index contributed by atoms with van der Waals surface area (Å²) in [6, 6.07) is 16.1. The van der Waals surface area contributed by atoms with E-state index in [0.717, 1.165) is 18.6 Å². The molecule has 29 heavy (non-hydrogen) atoms. The Bertz CT molecular complexity index is 938. The minimum Gasteiger partial charge on any atom is -0.420 e. The SMILES string of the molecule is O=C(CCSc1ccccc1)N1CCC(c2nnc(-c3ccc(F)cc3)o2)CC1. The van der Waals surface area contributed by atoms with Crippen molar-refractivity contribution in [2.75, 3.05) is 18.8 Å². The number of amides is 1. The summed E-state index contributed by atoms with van der Waals surface area (Å²) in [6.07, 6.45) is 2.16. The lowest BCUT2D eigenvalue weighted by Crippen LogP contribution is -2.38. The van der Waals surface area contributed by atoms with Crippen LogP contribution in [0.25, 0.3) is 11.5 Å². The van der Waals surface area contributed by atoms with E-state index in [1.807, 2.05) is 23.1 Å². The zero-order valence-corrected chi connectivity index (χ0v) is 16.8. The van der Waals surface area contributed by atoms with Gasteiger partial charge in [0.2, 0.25) is 17.7 Å². The summed E-state index contributed by atoms with van der Waals surface area (Å²) in [4.78, 5) is 15.6. The van der Waals surface area contributed by atoms with Crippen molar-refractivity contribution in [3.05, 3.63) is 66.3 Å². The van der Waals surface area contributed by atoms with Gasteiger partial charge < -0.3 is 9.32 Å². The van der Waals surface area contributed by atoms with Crippen molar-refractivity contribution in [2.24, 2.45) is 0 Å². The number of carbonyl (C=O) groups is 1. The van der Waals surface area contributed by atoms with Crippen molar-refractivity contribution in [2.45, 2.75) is 30.1 Å². The van der Waals surface area contributed by atoms with Crippen LogP contribution in [0.1, 0.15) is 31.1 Å². The van der Waals surface area contributed by atoms with Crippen molar-refractivity contribution < 1.29 is 13.6 Å². The van der Waals surface area contributed by atoms with Crippen LogP contribution in [0.4, 0.5) is 4.39 Å². The van der Waals surface area contributed by atoms with Gasteiger partial charge in [-0.1, -0.05) is 18.2 Å². The van der Waals surface area contributed by atoms with E-state index in [-0.39, 0.29) is 17.6 Å². The van der Waals surface area contributed by atoms with Gasteiger partial charge in [-0.3, -0.25) is 4.79 Å². The number of thioether (sulfide) groups is 1. The van der Waals surface area contributed by atoms with E-state index in [1.165, 1.54) is 17.0 Å². The number of carbonyl (C=O) groups excluding carboxylic acids is 1. The van der Waals surface area contributed by atoms with Gasteiger partial charge in [0, 0.05) is 41.6 Å². The van der Waals surface area contributed by atoms with Crippen LogP contribution in [0.2, 0.25) is 0 Å². The maximum atomic E-state index is 13.1. The topological polar surface area (TPSA) is 59.2 Å². The molecule has 0 radical (unpaired) electrons. The molecule has 1 aromatic heterocycles. The van der Waals surface area contributed by atoms with E-state index in [2.05, 4.69) is 22.3 Å². The Balaban J connectivity index is 1.26. The predicted octanol–water partition coefficient (Wildman–Crippen LogP) is 4.76. The Morgan fingerprint density at radius 2 is 1.79 bits per heavy atom. The van der Waals surface area contributed by atoms with Gasteiger partial charge in [-0.05, 0) is 49.2 Å². The minimum atomic E-state index is -0.298. The van der Waals surface area contributed by atoms with Crippen molar-refractivity contribution in [1.29, 1.82) is 0 Å². The number of benzene rings is 2. The molecular weight excluding hydrogens is 389 g/mol. The smallest absolute Gasteiger partial charge is 0.247 e. The fourth-order valence-corrected chi connectivity index (χ4v) is 4.28. The second kappa shape index (κ2) is 9.22. The minimum absolute atomic E-state index is 0.152. The van der Waals surface area contributed by atoms with Crippen LogP contribution in [0.3, 0.4) is 0 Å². The van der Waals surface area contributed by atoms with Gasteiger partial charge in [0.1, 0.15) is 5.82 Å². The van der Waals surface area contributed by atoms with Crippen molar-refractivity contribution >= 4 is 17.7 Å². The second-order valence-corrected chi connectivity index (χ2v) is 8.19. The summed E-state index contributed by atoms with van der Waals surface area (Å²) < 4.78 is 18.9. The number of rotatable bonds is 6. The summed E-state index contributed by atoms with van der Waals surface area (Å²) in [5, 5.41) is 8.27. The molecule has 0 bridgehead atoms. The van der Waals surface area contributed by atoms with Gasteiger partial charge in [0.15, 0.2) is 0 Å². The first kappa shape index (κ1) is 19.6. The summed E-state index contributed by atoms with van der Waals surface area (Å²) in [6.45, 7) is 1.40. The number of hydrogen-bond donors (Lipinski definition) is 0. The highest BCUT2D eigenvalue weighted by Gasteiger charge is 2.27. The molecule has 7 heteroatoms. The van der Waals surface area contributed by atoms with E-state index < -0.39 is 0 Å². The largest absolute Gasteiger partial charge is 0.420 e. The molecule has 0 spiro atoms. The second-order valence-electron chi connectivity index (χ2n) is 7.02. The standard InChI is InChI=1S/C22H22FN3O2S/c23-18-8-6-16(7-9-18)21-24-25-22(28-21)17-10-13-26(14-11-17)20(27)12-15-29-19-4-2-1-3-5-19/h1-9,17H,10-15H2. The zero-order valence-electron chi connectivity index (χ0n) is 16.0. The van der Waals surface area contributed by atoms with E-state index in [9.17, 15) is 9.18 Å². The first-order valence-corrected chi connectivity index (χ1v) is 10.7. The third-order valence-electron chi connectivity index (χ3n) is 5.06. The Labute approximate surface area is 173 Å². The molecule has 3 aromatic rings. The maximum Gasteiger partial charge on any atom is 0.247 e. The molecule has 1 aliphatic heterocycles. The Kier molecular flexibility index (Phi) is 6.24. The normalized spacial score (nSPS) is 14.9. The van der Waals surface area contributed by atoms with Crippen LogP contribution in [-0.2, 0) is 4.79 Å². The molecule has 0 aliphatic carbocycles. The van der Waals surface area contributed by atoms with Crippen molar-refractivity contribution in [3.63, 3.8) is 0 Å². The van der Waals surface area contributed by atoms with Crippen molar-refractivity contribution in [1.82, 2.24) is 15.1 Å². The van der Waals surface area contributed by atoms with Gasteiger partial charge in [0.25, 0.3) is 0 Å². The maximum absolute atomic E-state index is 13.1. The predicted molar refractivity (Wildman–Crippen MR) is 110 cm³/mol. The van der Waals surface area contributed by atoms with Crippen molar-refractivity contribution in [3.8, 4) is 11.5 Å². The van der Waals surface area contributed by atoms with E-state index in [0.29, 0.717) is 36.9 Å². The molecule has 0 atom stereocenters. The van der Waals surface area contributed by atoms with Gasteiger partial charge in [-0.15, -0.1) is 22.0 Å². The fraction of sp³-hybridized carbons (Fsp3) is 0.318. The molecule has 0 N–H and O–H groups in total. The summed E-state index contributed by atoms with van der Waals surface area (Å²) >= 11 is 1.71. The summed E-state index contributed by atoms with van der Waals surface area (Å²) in [7, 11) is 0. The number of halogens is 1. The number of likely N-dealkylation sites (tertiary alicyclic amines) is 1. The van der Waals surface area contributed by atoms with Crippen LogP contribution < -0.4 is 0 Å². The fourth-order valence-electron chi connectivity index (χ4n) is 3.42. The van der Waals surface area contributed by atoms with E-state index in [1.54, 1.807) is 23.9 Å². The molecule has 150 valence electrons. The Morgan fingerprint density at radius 3 is 2.52 bits per heavy atom. The third kappa shape index (κ3) is 5.03. The third-order valence-corrected chi connectivity index (χ3v) is 6.07. The highest BCUT2D eigenvalue weighted by atomic mass is 32.2. The lowest BCUT2D eigenvalue weighted by molar-refractivity contribution is -0.131. The van der Waals surface area contributed by atoms with Gasteiger partial charge in [0.05, 0.1) is 0 Å². The Hall–Kier alpha value is -2.67. The lowest BCUT2D eigenvalue weighted by Gasteiger charge is -2.30. The first-order chi connectivity index (χ1) is 14.2. The number of nitrogens with zero attached hydrogens (tertiary/aromatic N) is 3. The monoisotopic (exact) mass is 411 g/mol. The van der Waals surface area contributed by atoms with E-state index in [4.69, 9.17) is 4.42 Å². The zero-order chi connectivity index (χ0) is 20.1. The highest BCUT2D eigenvalue weighted by molar-refractivity contribution is 7.99. The quantitative estimate of drug-likeness (QED) is 0.547. The number of hydrogen-bond acceptors (Lipinski definition) is 5. The number of aromatic nitrogens is 2. The molecule has 1 saturated heterocycles. The molecule has 2 heterocycles. The molecule has 1 fully saturated rings. The molecule has 5 nitrogen and oxygen atoms in total. The van der Waals surface area contributed by atoms with E-state index >= 15 is 0 Å². The molecule has 0 unspecified atom stereocenters. The summed E-state index contributed by atoms with van der Waals surface area (Å²) in [5.74, 6) is 1.83. The van der Waals surface area contributed by atoms with Crippen LogP contribution in [0.15, 0.2) is 63.9 Å². The van der Waals surface area contributed by atoms with Crippen LogP contribution in [-0.4, -0.2) is 39.8 Å². The van der Waals surface area contributed by atoms with Gasteiger partial charge in [-0.25, -0.2) is 4.39 Å². The molecular formula is C22H22FN3O2S. The average molecular weight is 412 g/mol. The lowest BCUT2D eigenvalue weighted by atomic mass is 9.96. The number of piperidine rings is 1. The first-order valence-electron chi connectivity index (χ1n) is 9.74. The molecule has 2 aromatic carbocycles. The highest BCUT2D eigenvalue weighted by Crippen LogP contribution is 2.30. The Morgan fingerprint density at radius 1 is 1.07 bits per heavy atom.